The lowest BCUT2D eigenvalue weighted by Gasteiger charge is -2.12. The molecular formula is C15H14BrClFNO. The Kier molecular flexibility index (Phi) is 5.02. The van der Waals surface area contributed by atoms with Crippen LogP contribution in [0.2, 0.25) is 5.02 Å². The van der Waals surface area contributed by atoms with Gasteiger partial charge >= 0.3 is 0 Å². The third-order valence-electron chi connectivity index (χ3n) is 2.95. The number of hydrogen-bond donors (Lipinski definition) is 1. The molecule has 0 aliphatic rings. The maximum Gasteiger partial charge on any atom is 0.145 e. The highest BCUT2D eigenvalue weighted by Crippen LogP contribution is 2.34. The molecule has 2 aromatic rings. The predicted octanol–water partition coefficient (Wildman–Crippen LogP) is 5.44. The van der Waals surface area contributed by atoms with Crippen LogP contribution in [0.15, 0.2) is 40.9 Å². The summed E-state index contributed by atoms with van der Waals surface area (Å²) in [5.74, 6) is 0.466. The Morgan fingerprint density at radius 1 is 1.30 bits per heavy atom. The van der Waals surface area contributed by atoms with Crippen LogP contribution in [-0.2, 0) is 0 Å². The minimum Gasteiger partial charge on any atom is -0.456 e. The van der Waals surface area contributed by atoms with E-state index in [2.05, 4.69) is 15.9 Å². The van der Waals surface area contributed by atoms with Gasteiger partial charge in [0.15, 0.2) is 0 Å². The van der Waals surface area contributed by atoms with E-state index in [1.807, 2.05) is 31.2 Å². The molecule has 0 amide bonds. The first kappa shape index (κ1) is 15.3. The lowest BCUT2D eigenvalue weighted by molar-refractivity contribution is 0.473. The van der Waals surface area contributed by atoms with Crippen molar-refractivity contribution in [2.45, 2.75) is 19.4 Å². The summed E-state index contributed by atoms with van der Waals surface area (Å²) in [7, 11) is 0. The number of halogens is 3. The molecule has 2 aromatic carbocycles. The van der Waals surface area contributed by atoms with Crippen molar-refractivity contribution in [1.82, 2.24) is 0 Å². The van der Waals surface area contributed by atoms with Gasteiger partial charge in [0, 0.05) is 12.1 Å². The lowest BCUT2D eigenvalue weighted by atomic mass is 10.1. The summed E-state index contributed by atoms with van der Waals surface area (Å²) < 4.78 is 19.7. The molecule has 0 saturated heterocycles. The number of hydrogen-bond acceptors (Lipinski definition) is 2. The van der Waals surface area contributed by atoms with Crippen LogP contribution in [0.25, 0.3) is 0 Å². The summed E-state index contributed by atoms with van der Waals surface area (Å²) in [4.78, 5) is 0. The van der Waals surface area contributed by atoms with Crippen molar-refractivity contribution >= 4 is 27.5 Å². The molecule has 0 aromatic heterocycles. The molecule has 0 unspecified atom stereocenters. The summed E-state index contributed by atoms with van der Waals surface area (Å²) in [5.41, 5.74) is 6.99. The van der Waals surface area contributed by atoms with E-state index in [0.717, 1.165) is 12.0 Å². The molecule has 0 aliphatic carbocycles. The SMILES string of the molecule is CC[C@@H](N)c1ccc(Oc2cc(F)c(Cl)cc2Br)cc1. The van der Waals surface area contributed by atoms with Crippen molar-refractivity contribution in [3.8, 4) is 11.5 Å². The molecule has 0 heterocycles. The molecule has 0 spiro atoms. The maximum absolute atomic E-state index is 13.4. The van der Waals surface area contributed by atoms with E-state index < -0.39 is 5.82 Å². The van der Waals surface area contributed by atoms with Crippen molar-refractivity contribution in [1.29, 1.82) is 0 Å². The van der Waals surface area contributed by atoms with Crippen molar-refractivity contribution in [3.63, 3.8) is 0 Å². The normalized spacial score (nSPS) is 12.2. The first-order chi connectivity index (χ1) is 9.51. The molecule has 5 heteroatoms. The van der Waals surface area contributed by atoms with Crippen LogP contribution in [0, 0.1) is 5.82 Å². The Balaban J connectivity index is 2.20. The average Bonchev–Trinajstić information content (AvgIpc) is 2.44. The summed E-state index contributed by atoms with van der Waals surface area (Å²) >= 11 is 8.98. The van der Waals surface area contributed by atoms with Gasteiger partial charge in [-0.2, -0.15) is 0 Å². The highest BCUT2D eigenvalue weighted by atomic mass is 79.9. The molecule has 2 N–H and O–H groups in total. The van der Waals surface area contributed by atoms with Crippen LogP contribution >= 0.6 is 27.5 Å². The van der Waals surface area contributed by atoms with E-state index >= 15 is 0 Å². The van der Waals surface area contributed by atoms with Gasteiger partial charge in [0.1, 0.15) is 17.3 Å². The van der Waals surface area contributed by atoms with E-state index in [9.17, 15) is 4.39 Å². The van der Waals surface area contributed by atoms with Gasteiger partial charge < -0.3 is 10.5 Å². The number of ether oxygens (including phenoxy) is 1. The van der Waals surface area contributed by atoms with Gasteiger partial charge in [-0.15, -0.1) is 0 Å². The fraction of sp³-hybridized carbons (Fsp3) is 0.200. The summed E-state index contributed by atoms with van der Waals surface area (Å²) in [6, 6.07) is 10.2. The lowest BCUT2D eigenvalue weighted by Crippen LogP contribution is -2.08. The van der Waals surface area contributed by atoms with Crippen LogP contribution in [-0.4, -0.2) is 0 Å². The molecule has 1 atom stereocenters. The Hall–Kier alpha value is -1.10. The highest BCUT2D eigenvalue weighted by Gasteiger charge is 2.09. The van der Waals surface area contributed by atoms with E-state index in [1.54, 1.807) is 0 Å². The zero-order valence-corrected chi connectivity index (χ0v) is 13.2. The Morgan fingerprint density at radius 2 is 1.95 bits per heavy atom. The molecule has 106 valence electrons. The van der Waals surface area contributed by atoms with Gasteiger partial charge in [-0.05, 0) is 46.1 Å². The molecule has 20 heavy (non-hydrogen) atoms. The second kappa shape index (κ2) is 6.57. The van der Waals surface area contributed by atoms with Crippen LogP contribution in [0.4, 0.5) is 4.39 Å². The number of nitrogens with two attached hydrogens (primary N) is 1. The third-order valence-corrected chi connectivity index (χ3v) is 3.86. The van der Waals surface area contributed by atoms with Crippen LogP contribution in [0.5, 0.6) is 11.5 Å². The predicted molar refractivity (Wildman–Crippen MR) is 82.8 cm³/mol. The van der Waals surface area contributed by atoms with Crippen molar-refractivity contribution < 1.29 is 9.13 Å². The van der Waals surface area contributed by atoms with Crippen molar-refractivity contribution in [2.24, 2.45) is 5.73 Å². The van der Waals surface area contributed by atoms with Crippen molar-refractivity contribution in [3.05, 3.63) is 57.3 Å². The standard InChI is InChI=1S/C15H14BrClFNO/c1-2-14(19)9-3-5-10(6-4-9)20-15-8-13(18)12(17)7-11(15)16/h3-8,14H,2,19H2,1H3/t14-/m1/s1. The number of benzene rings is 2. The minimum atomic E-state index is -0.519. The Morgan fingerprint density at radius 3 is 2.55 bits per heavy atom. The Bertz CT molecular complexity index is 604. The topological polar surface area (TPSA) is 35.2 Å². The first-order valence-electron chi connectivity index (χ1n) is 6.19. The molecule has 0 radical (unpaired) electrons. The van der Waals surface area contributed by atoms with Gasteiger partial charge in [-0.3, -0.25) is 0 Å². The van der Waals surface area contributed by atoms with Crippen LogP contribution in [0.1, 0.15) is 24.9 Å². The zero-order valence-electron chi connectivity index (χ0n) is 10.9. The van der Waals surface area contributed by atoms with E-state index in [4.69, 9.17) is 22.1 Å². The molecule has 0 aliphatic heterocycles. The van der Waals surface area contributed by atoms with Gasteiger partial charge in [-0.25, -0.2) is 4.39 Å². The van der Waals surface area contributed by atoms with Crippen molar-refractivity contribution in [2.75, 3.05) is 0 Å². The van der Waals surface area contributed by atoms with Gasteiger partial charge in [0.2, 0.25) is 0 Å². The smallest absolute Gasteiger partial charge is 0.145 e. The second-order valence-electron chi connectivity index (χ2n) is 4.38. The first-order valence-corrected chi connectivity index (χ1v) is 7.36. The van der Waals surface area contributed by atoms with E-state index in [0.29, 0.717) is 16.0 Å². The zero-order chi connectivity index (χ0) is 14.7. The molecule has 0 bridgehead atoms. The fourth-order valence-electron chi connectivity index (χ4n) is 1.73. The average molecular weight is 359 g/mol. The summed E-state index contributed by atoms with van der Waals surface area (Å²) in [6.45, 7) is 2.03. The largest absolute Gasteiger partial charge is 0.456 e. The fourth-order valence-corrected chi connectivity index (χ4v) is 2.45. The van der Waals surface area contributed by atoms with E-state index in [1.165, 1.54) is 12.1 Å². The molecule has 0 fully saturated rings. The van der Waals surface area contributed by atoms with E-state index in [-0.39, 0.29) is 11.1 Å². The molecule has 0 saturated carbocycles. The van der Waals surface area contributed by atoms with Gasteiger partial charge in [-0.1, -0.05) is 30.7 Å². The molecule has 2 rings (SSSR count). The summed E-state index contributed by atoms with van der Waals surface area (Å²) in [5, 5.41) is 0.0495. The Labute approximate surface area is 130 Å². The monoisotopic (exact) mass is 357 g/mol. The summed E-state index contributed by atoms with van der Waals surface area (Å²) in [6.07, 6.45) is 0.869. The van der Waals surface area contributed by atoms with Crippen LogP contribution < -0.4 is 10.5 Å². The number of rotatable bonds is 4. The van der Waals surface area contributed by atoms with Gasteiger partial charge in [0.05, 0.1) is 9.50 Å². The highest BCUT2D eigenvalue weighted by molar-refractivity contribution is 9.10. The quantitative estimate of drug-likeness (QED) is 0.738. The van der Waals surface area contributed by atoms with Crippen LogP contribution in [0.3, 0.4) is 0 Å². The molecular weight excluding hydrogens is 345 g/mol. The maximum atomic E-state index is 13.4. The minimum absolute atomic E-state index is 0.0174. The molecule has 2 nitrogen and oxygen atoms in total. The second-order valence-corrected chi connectivity index (χ2v) is 5.64. The van der Waals surface area contributed by atoms with Gasteiger partial charge in [0.25, 0.3) is 0 Å². The third kappa shape index (κ3) is 3.51.